The van der Waals surface area contributed by atoms with Gasteiger partial charge in [0, 0.05) is 5.69 Å². The zero-order chi connectivity index (χ0) is 19.3. The normalized spacial score (nSPS) is 11.0. The predicted molar refractivity (Wildman–Crippen MR) is 104 cm³/mol. The van der Waals surface area contributed by atoms with Crippen LogP contribution in [-0.4, -0.2) is 20.9 Å². The largest absolute Gasteiger partial charge is 0.484 e. The van der Waals surface area contributed by atoms with Gasteiger partial charge in [-0.2, -0.15) is 0 Å². The van der Waals surface area contributed by atoms with Crippen molar-refractivity contribution >= 4 is 21.6 Å². The Kier molecular flexibility index (Phi) is 5.54. The van der Waals surface area contributed by atoms with Gasteiger partial charge in [-0.1, -0.05) is 42.5 Å². The maximum atomic E-state index is 12.0. The highest BCUT2D eigenvalue weighted by molar-refractivity contribution is 7.89. The predicted octanol–water partition coefficient (Wildman–Crippen LogP) is 3.02. The van der Waals surface area contributed by atoms with E-state index >= 15 is 0 Å². The number of carbonyl (C=O) groups is 1. The van der Waals surface area contributed by atoms with Gasteiger partial charge in [0.15, 0.2) is 6.61 Å². The molecule has 1 amide bonds. The first kappa shape index (κ1) is 18.6. The Labute approximate surface area is 157 Å². The fourth-order valence-corrected chi connectivity index (χ4v) is 2.96. The number of hydrogen-bond donors (Lipinski definition) is 2. The van der Waals surface area contributed by atoms with Crippen LogP contribution in [0.3, 0.4) is 0 Å². The van der Waals surface area contributed by atoms with Crippen molar-refractivity contribution in [3.05, 3.63) is 78.9 Å². The first-order valence-corrected chi connectivity index (χ1v) is 9.67. The van der Waals surface area contributed by atoms with Crippen molar-refractivity contribution in [3.8, 4) is 16.9 Å². The third-order valence-corrected chi connectivity index (χ3v) is 4.73. The van der Waals surface area contributed by atoms with Gasteiger partial charge in [-0.15, -0.1) is 0 Å². The molecule has 3 N–H and O–H groups in total. The second-order valence-corrected chi connectivity index (χ2v) is 7.36. The summed E-state index contributed by atoms with van der Waals surface area (Å²) in [6, 6.07) is 23.0. The van der Waals surface area contributed by atoms with E-state index in [0.717, 1.165) is 11.1 Å². The number of anilines is 1. The minimum atomic E-state index is -3.76. The molecule has 138 valence electrons. The molecule has 0 bridgehead atoms. The summed E-state index contributed by atoms with van der Waals surface area (Å²) in [5.41, 5.74) is 2.61. The lowest BCUT2D eigenvalue weighted by molar-refractivity contribution is -0.118. The Hall–Kier alpha value is -3.16. The van der Waals surface area contributed by atoms with Crippen LogP contribution in [0.4, 0.5) is 5.69 Å². The quantitative estimate of drug-likeness (QED) is 0.685. The van der Waals surface area contributed by atoms with E-state index in [1.165, 1.54) is 24.3 Å². The fourth-order valence-electron chi connectivity index (χ4n) is 2.45. The minimum Gasteiger partial charge on any atom is -0.484 e. The average molecular weight is 382 g/mol. The Morgan fingerprint density at radius 1 is 0.852 bits per heavy atom. The number of primary sulfonamides is 1. The third-order valence-electron chi connectivity index (χ3n) is 3.80. The maximum absolute atomic E-state index is 12.0. The van der Waals surface area contributed by atoms with Crippen LogP contribution in [0.1, 0.15) is 0 Å². The molecular weight excluding hydrogens is 364 g/mol. The number of amides is 1. The minimum absolute atomic E-state index is 0.0183. The summed E-state index contributed by atoms with van der Waals surface area (Å²) >= 11 is 0. The van der Waals surface area contributed by atoms with Crippen LogP contribution >= 0.6 is 0 Å². The summed E-state index contributed by atoms with van der Waals surface area (Å²) in [6.45, 7) is -0.165. The van der Waals surface area contributed by atoms with E-state index in [4.69, 9.17) is 9.88 Å². The highest BCUT2D eigenvalue weighted by Gasteiger charge is 2.08. The number of nitrogens with one attached hydrogen (secondary N) is 1. The van der Waals surface area contributed by atoms with E-state index in [1.54, 1.807) is 12.1 Å². The molecule has 0 saturated carbocycles. The van der Waals surface area contributed by atoms with Gasteiger partial charge < -0.3 is 10.1 Å². The summed E-state index contributed by atoms with van der Waals surface area (Å²) in [6.07, 6.45) is 0. The molecule has 0 aromatic heterocycles. The molecule has 0 heterocycles. The van der Waals surface area contributed by atoms with Crippen molar-refractivity contribution in [2.75, 3.05) is 11.9 Å². The van der Waals surface area contributed by atoms with Crippen LogP contribution in [0.25, 0.3) is 11.1 Å². The lowest BCUT2D eigenvalue weighted by atomic mass is 10.1. The zero-order valence-electron chi connectivity index (χ0n) is 14.3. The zero-order valence-corrected chi connectivity index (χ0v) is 15.1. The molecule has 0 unspecified atom stereocenters. The summed E-state index contributed by atoms with van der Waals surface area (Å²) in [5, 5.41) is 7.66. The van der Waals surface area contributed by atoms with Gasteiger partial charge in [-0.05, 0) is 47.5 Å². The van der Waals surface area contributed by atoms with Crippen molar-refractivity contribution in [3.63, 3.8) is 0 Å². The van der Waals surface area contributed by atoms with E-state index in [0.29, 0.717) is 11.4 Å². The number of ether oxygens (including phenoxy) is 1. The fraction of sp³-hybridized carbons (Fsp3) is 0.0500. The summed E-state index contributed by atoms with van der Waals surface area (Å²) in [5.74, 6) is 0.222. The molecule has 27 heavy (non-hydrogen) atoms. The van der Waals surface area contributed by atoms with Crippen LogP contribution in [0.15, 0.2) is 83.8 Å². The first-order chi connectivity index (χ1) is 12.9. The standard InChI is InChI=1S/C20H18N2O4S/c21-27(24,25)19-12-8-17(9-13-19)22-20(23)14-26-18-10-6-16(7-11-18)15-4-2-1-3-5-15/h1-13H,14H2,(H,22,23)(H2,21,24,25). The second kappa shape index (κ2) is 8.03. The molecular formula is C20H18N2O4S. The molecule has 0 aliphatic carbocycles. The average Bonchev–Trinajstić information content (AvgIpc) is 2.67. The van der Waals surface area contributed by atoms with E-state index in [9.17, 15) is 13.2 Å². The SMILES string of the molecule is NS(=O)(=O)c1ccc(NC(=O)COc2ccc(-c3ccccc3)cc2)cc1. The van der Waals surface area contributed by atoms with Gasteiger partial charge in [0.1, 0.15) is 5.75 Å². The van der Waals surface area contributed by atoms with E-state index in [-0.39, 0.29) is 17.4 Å². The van der Waals surface area contributed by atoms with Crippen LogP contribution in [0, 0.1) is 0 Å². The van der Waals surface area contributed by atoms with Gasteiger partial charge in [0.2, 0.25) is 10.0 Å². The Balaban J connectivity index is 1.54. The smallest absolute Gasteiger partial charge is 0.262 e. The molecule has 0 aliphatic rings. The molecule has 7 heteroatoms. The molecule has 3 aromatic rings. The number of hydrogen-bond acceptors (Lipinski definition) is 4. The number of sulfonamides is 1. The summed E-state index contributed by atoms with van der Waals surface area (Å²) < 4.78 is 27.9. The lowest BCUT2D eigenvalue weighted by Gasteiger charge is -2.09. The maximum Gasteiger partial charge on any atom is 0.262 e. The van der Waals surface area contributed by atoms with Crippen molar-refractivity contribution in [1.82, 2.24) is 0 Å². The summed E-state index contributed by atoms with van der Waals surface area (Å²) in [7, 11) is -3.76. The number of rotatable bonds is 6. The van der Waals surface area contributed by atoms with Crippen LogP contribution < -0.4 is 15.2 Å². The van der Waals surface area contributed by atoms with Crippen molar-refractivity contribution in [2.24, 2.45) is 5.14 Å². The van der Waals surface area contributed by atoms with Crippen LogP contribution in [-0.2, 0) is 14.8 Å². The van der Waals surface area contributed by atoms with Gasteiger partial charge >= 0.3 is 0 Å². The molecule has 0 atom stereocenters. The molecule has 0 aliphatic heterocycles. The molecule has 0 fully saturated rings. The Morgan fingerprint density at radius 3 is 2.04 bits per heavy atom. The van der Waals surface area contributed by atoms with Gasteiger partial charge in [-0.25, -0.2) is 13.6 Å². The number of nitrogens with two attached hydrogens (primary N) is 1. The molecule has 3 rings (SSSR count). The molecule has 6 nitrogen and oxygen atoms in total. The Morgan fingerprint density at radius 2 is 1.44 bits per heavy atom. The van der Waals surface area contributed by atoms with Crippen LogP contribution in [0.2, 0.25) is 0 Å². The molecule has 3 aromatic carbocycles. The highest BCUT2D eigenvalue weighted by atomic mass is 32.2. The van der Waals surface area contributed by atoms with Gasteiger partial charge in [0.05, 0.1) is 4.90 Å². The molecule has 0 spiro atoms. The van der Waals surface area contributed by atoms with E-state index in [2.05, 4.69) is 5.32 Å². The van der Waals surface area contributed by atoms with Crippen molar-refractivity contribution in [1.29, 1.82) is 0 Å². The third kappa shape index (κ3) is 5.16. The second-order valence-electron chi connectivity index (χ2n) is 5.80. The highest BCUT2D eigenvalue weighted by Crippen LogP contribution is 2.22. The van der Waals surface area contributed by atoms with Gasteiger partial charge in [-0.3, -0.25) is 4.79 Å². The van der Waals surface area contributed by atoms with E-state index < -0.39 is 10.0 Å². The molecule has 0 radical (unpaired) electrons. The lowest BCUT2D eigenvalue weighted by Crippen LogP contribution is -2.20. The van der Waals surface area contributed by atoms with Crippen molar-refractivity contribution in [2.45, 2.75) is 4.90 Å². The van der Waals surface area contributed by atoms with Gasteiger partial charge in [0.25, 0.3) is 5.91 Å². The van der Waals surface area contributed by atoms with E-state index in [1.807, 2.05) is 42.5 Å². The Bertz CT molecular complexity index is 1020. The topological polar surface area (TPSA) is 98.5 Å². The van der Waals surface area contributed by atoms with Crippen LogP contribution in [0.5, 0.6) is 5.75 Å². The monoisotopic (exact) mass is 382 g/mol. The number of benzene rings is 3. The van der Waals surface area contributed by atoms with Crippen molar-refractivity contribution < 1.29 is 17.9 Å². The molecule has 0 saturated heterocycles. The number of carbonyl (C=O) groups excluding carboxylic acids is 1. The first-order valence-electron chi connectivity index (χ1n) is 8.13. The summed E-state index contributed by atoms with van der Waals surface area (Å²) in [4.78, 5) is 12.0.